The SMILES string of the molecule is COc1cccc(Nc2c(C(N)=O)cnc3c(C)cc(C)cc23)c1. The Morgan fingerprint density at radius 1 is 1.21 bits per heavy atom. The number of nitrogens with zero attached hydrogens (tertiary/aromatic N) is 1. The Morgan fingerprint density at radius 3 is 2.71 bits per heavy atom. The number of fused-ring (bicyclic) bond motifs is 1. The lowest BCUT2D eigenvalue weighted by Gasteiger charge is -2.15. The Kier molecular flexibility index (Phi) is 4.08. The normalized spacial score (nSPS) is 10.6. The molecule has 0 atom stereocenters. The van der Waals surface area contributed by atoms with Crippen molar-refractivity contribution in [2.45, 2.75) is 13.8 Å². The molecule has 0 bridgehead atoms. The molecule has 5 nitrogen and oxygen atoms in total. The van der Waals surface area contributed by atoms with E-state index in [4.69, 9.17) is 10.5 Å². The molecule has 3 aromatic rings. The molecule has 1 amide bonds. The number of ether oxygens (including phenoxy) is 1. The van der Waals surface area contributed by atoms with Gasteiger partial charge in [0.25, 0.3) is 5.91 Å². The van der Waals surface area contributed by atoms with Gasteiger partial charge < -0.3 is 15.8 Å². The second-order valence-electron chi connectivity index (χ2n) is 5.75. The van der Waals surface area contributed by atoms with Gasteiger partial charge in [-0.3, -0.25) is 9.78 Å². The number of methoxy groups -OCH3 is 1. The number of carbonyl (C=O) groups excluding carboxylic acids is 1. The zero-order chi connectivity index (χ0) is 17.3. The second-order valence-corrected chi connectivity index (χ2v) is 5.75. The number of pyridine rings is 1. The fraction of sp³-hybridized carbons (Fsp3) is 0.158. The molecule has 0 saturated heterocycles. The summed E-state index contributed by atoms with van der Waals surface area (Å²) >= 11 is 0. The molecule has 0 radical (unpaired) electrons. The van der Waals surface area contributed by atoms with Crippen molar-refractivity contribution in [2.24, 2.45) is 5.73 Å². The van der Waals surface area contributed by atoms with Crippen LogP contribution in [0.3, 0.4) is 0 Å². The van der Waals surface area contributed by atoms with Crippen LogP contribution in [0.15, 0.2) is 42.6 Å². The first kappa shape index (κ1) is 15.8. The summed E-state index contributed by atoms with van der Waals surface area (Å²) in [4.78, 5) is 16.3. The van der Waals surface area contributed by atoms with Crippen molar-refractivity contribution in [1.29, 1.82) is 0 Å². The number of nitrogens with two attached hydrogens (primary N) is 1. The first-order valence-electron chi connectivity index (χ1n) is 7.60. The van der Waals surface area contributed by atoms with Crippen LogP contribution in [0.1, 0.15) is 21.5 Å². The lowest BCUT2D eigenvalue weighted by molar-refractivity contribution is 0.100. The molecule has 3 N–H and O–H groups in total. The first-order valence-corrected chi connectivity index (χ1v) is 7.60. The molecule has 122 valence electrons. The van der Waals surface area contributed by atoms with Gasteiger partial charge >= 0.3 is 0 Å². The van der Waals surface area contributed by atoms with Gasteiger partial charge in [-0.2, -0.15) is 0 Å². The van der Waals surface area contributed by atoms with Crippen molar-refractivity contribution in [2.75, 3.05) is 12.4 Å². The summed E-state index contributed by atoms with van der Waals surface area (Å²) in [5.74, 6) is 0.209. The third-order valence-corrected chi connectivity index (χ3v) is 3.91. The minimum atomic E-state index is -0.519. The number of primary amides is 1. The minimum Gasteiger partial charge on any atom is -0.497 e. The van der Waals surface area contributed by atoms with Crippen LogP contribution >= 0.6 is 0 Å². The van der Waals surface area contributed by atoms with Crippen molar-refractivity contribution in [1.82, 2.24) is 4.98 Å². The highest BCUT2D eigenvalue weighted by molar-refractivity contribution is 6.08. The van der Waals surface area contributed by atoms with E-state index in [1.807, 2.05) is 44.2 Å². The molecule has 3 rings (SSSR count). The van der Waals surface area contributed by atoms with Crippen LogP contribution in [0.5, 0.6) is 5.75 Å². The van der Waals surface area contributed by atoms with Crippen molar-refractivity contribution in [3.05, 3.63) is 59.3 Å². The molecular weight excluding hydrogens is 302 g/mol. The van der Waals surface area contributed by atoms with Gasteiger partial charge in [0.2, 0.25) is 0 Å². The Balaban J connectivity index is 2.23. The number of benzene rings is 2. The number of amides is 1. The van der Waals surface area contributed by atoms with E-state index in [1.54, 1.807) is 7.11 Å². The van der Waals surface area contributed by atoms with Gasteiger partial charge in [0.15, 0.2) is 0 Å². The molecular formula is C19H19N3O2. The largest absolute Gasteiger partial charge is 0.497 e. The van der Waals surface area contributed by atoms with Gasteiger partial charge in [-0.1, -0.05) is 17.7 Å². The van der Waals surface area contributed by atoms with E-state index in [-0.39, 0.29) is 0 Å². The average molecular weight is 321 g/mol. The minimum absolute atomic E-state index is 0.357. The molecule has 0 unspecified atom stereocenters. The monoisotopic (exact) mass is 321 g/mol. The fourth-order valence-electron chi connectivity index (χ4n) is 2.83. The van der Waals surface area contributed by atoms with Gasteiger partial charge in [0, 0.05) is 23.3 Å². The average Bonchev–Trinajstić information content (AvgIpc) is 2.55. The van der Waals surface area contributed by atoms with Gasteiger partial charge in [0.05, 0.1) is 23.9 Å². The summed E-state index contributed by atoms with van der Waals surface area (Å²) in [6.45, 7) is 4.01. The number of hydrogen-bond acceptors (Lipinski definition) is 4. The molecule has 0 saturated carbocycles. The maximum absolute atomic E-state index is 11.9. The molecule has 2 aromatic carbocycles. The van der Waals surface area contributed by atoms with Gasteiger partial charge in [-0.05, 0) is 37.6 Å². The van der Waals surface area contributed by atoms with Gasteiger partial charge in [0.1, 0.15) is 5.75 Å². The van der Waals surface area contributed by atoms with Crippen molar-refractivity contribution in [3.8, 4) is 5.75 Å². The molecule has 0 aliphatic rings. The molecule has 24 heavy (non-hydrogen) atoms. The quantitative estimate of drug-likeness (QED) is 0.768. The van der Waals surface area contributed by atoms with Crippen LogP contribution in [-0.4, -0.2) is 18.0 Å². The van der Waals surface area contributed by atoms with Gasteiger partial charge in [-0.25, -0.2) is 0 Å². The highest BCUT2D eigenvalue weighted by Crippen LogP contribution is 2.32. The summed E-state index contributed by atoms with van der Waals surface area (Å²) in [6.07, 6.45) is 1.52. The lowest BCUT2D eigenvalue weighted by Crippen LogP contribution is -2.14. The third kappa shape index (κ3) is 2.88. The number of hydrogen-bond donors (Lipinski definition) is 2. The standard InChI is InChI=1S/C19H19N3O2/c1-11-7-12(2)17-15(8-11)18(16(10-21-17)19(20)23)22-13-5-4-6-14(9-13)24-3/h4-10H,1-3H3,(H2,20,23)(H,21,22). The highest BCUT2D eigenvalue weighted by Gasteiger charge is 2.15. The van der Waals surface area contributed by atoms with Crippen LogP contribution in [0.25, 0.3) is 10.9 Å². The molecule has 5 heteroatoms. The van der Waals surface area contributed by atoms with Crippen molar-refractivity contribution >= 4 is 28.2 Å². The van der Waals surface area contributed by atoms with Gasteiger partial charge in [-0.15, -0.1) is 0 Å². The number of aryl methyl sites for hydroxylation is 2. The molecule has 0 fully saturated rings. The van der Waals surface area contributed by atoms with Crippen LogP contribution in [0.4, 0.5) is 11.4 Å². The Bertz CT molecular complexity index is 935. The number of anilines is 2. The Morgan fingerprint density at radius 2 is 2.00 bits per heavy atom. The van der Waals surface area contributed by atoms with Crippen molar-refractivity contribution < 1.29 is 9.53 Å². The summed E-state index contributed by atoms with van der Waals surface area (Å²) in [5.41, 5.74) is 10.4. The van der Waals surface area contributed by atoms with E-state index >= 15 is 0 Å². The maximum Gasteiger partial charge on any atom is 0.252 e. The topological polar surface area (TPSA) is 77.2 Å². The highest BCUT2D eigenvalue weighted by atomic mass is 16.5. The smallest absolute Gasteiger partial charge is 0.252 e. The Hall–Kier alpha value is -3.08. The van der Waals surface area contributed by atoms with E-state index in [9.17, 15) is 4.79 Å². The van der Waals surface area contributed by atoms with Crippen LogP contribution in [-0.2, 0) is 0 Å². The second kappa shape index (κ2) is 6.20. The Labute approximate surface area is 140 Å². The lowest BCUT2D eigenvalue weighted by atomic mass is 10.0. The van der Waals surface area contributed by atoms with E-state index in [2.05, 4.69) is 16.4 Å². The number of nitrogens with one attached hydrogen (secondary N) is 1. The van der Waals surface area contributed by atoms with Crippen molar-refractivity contribution in [3.63, 3.8) is 0 Å². The van der Waals surface area contributed by atoms with E-state index in [0.29, 0.717) is 11.3 Å². The molecule has 1 aromatic heterocycles. The maximum atomic E-state index is 11.9. The molecule has 1 heterocycles. The number of carbonyl (C=O) groups is 1. The van der Waals surface area contributed by atoms with Crippen LogP contribution in [0, 0.1) is 13.8 Å². The summed E-state index contributed by atoms with van der Waals surface area (Å²) in [7, 11) is 1.61. The first-order chi connectivity index (χ1) is 11.5. The van der Waals surface area contributed by atoms with Crippen LogP contribution < -0.4 is 15.8 Å². The molecule has 0 aliphatic heterocycles. The molecule has 0 spiro atoms. The molecule has 0 aliphatic carbocycles. The summed E-state index contributed by atoms with van der Waals surface area (Å²) < 4.78 is 5.25. The third-order valence-electron chi connectivity index (χ3n) is 3.91. The number of rotatable bonds is 4. The van der Waals surface area contributed by atoms with E-state index in [0.717, 1.165) is 33.5 Å². The number of aromatic nitrogens is 1. The predicted molar refractivity (Wildman–Crippen MR) is 96.0 cm³/mol. The zero-order valence-electron chi connectivity index (χ0n) is 13.9. The summed E-state index contributed by atoms with van der Waals surface area (Å²) in [5, 5.41) is 4.17. The van der Waals surface area contributed by atoms with Crippen LogP contribution in [0.2, 0.25) is 0 Å². The predicted octanol–water partition coefficient (Wildman–Crippen LogP) is 3.70. The summed E-state index contributed by atoms with van der Waals surface area (Å²) in [6, 6.07) is 11.6. The zero-order valence-corrected chi connectivity index (χ0v) is 13.9. The fourth-order valence-corrected chi connectivity index (χ4v) is 2.83. The van der Waals surface area contributed by atoms with E-state index in [1.165, 1.54) is 6.20 Å². The van der Waals surface area contributed by atoms with E-state index < -0.39 is 5.91 Å².